The van der Waals surface area contributed by atoms with E-state index in [1.165, 1.54) is 75.2 Å². The number of ether oxygens (including phenoxy) is 1. The van der Waals surface area contributed by atoms with E-state index in [2.05, 4.69) is 71.6 Å². The number of hydrogen-bond acceptors (Lipinski definition) is 4. The summed E-state index contributed by atoms with van der Waals surface area (Å²) in [6, 6.07) is 8.14. The summed E-state index contributed by atoms with van der Waals surface area (Å²) in [5.41, 5.74) is 12.0. The van der Waals surface area contributed by atoms with E-state index < -0.39 is 0 Å². The topological polar surface area (TPSA) is 64.3 Å². The van der Waals surface area contributed by atoms with Crippen molar-refractivity contribution in [1.29, 1.82) is 0 Å². The first kappa shape index (κ1) is 32.0. The highest BCUT2D eigenvalue weighted by atomic mass is 16.5. The molecule has 5 aliphatic rings. The molecule has 0 aliphatic heterocycles. The van der Waals surface area contributed by atoms with Crippen molar-refractivity contribution in [2.24, 2.45) is 57.0 Å². The average molecular weight is 601 g/mol. The smallest absolute Gasteiger partial charge is 0.337 e. The van der Waals surface area contributed by atoms with Crippen molar-refractivity contribution < 1.29 is 9.53 Å². The highest BCUT2D eigenvalue weighted by Gasteiger charge is 2.70. The van der Waals surface area contributed by atoms with Gasteiger partial charge in [0.25, 0.3) is 0 Å². The summed E-state index contributed by atoms with van der Waals surface area (Å²) in [4.78, 5) is 12.1. The summed E-state index contributed by atoms with van der Waals surface area (Å²) in [6.45, 7) is 21.9. The minimum absolute atomic E-state index is 0.0734. The highest BCUT2D eigenvalue weighted by molar-refractivity contribution is 5.89. The fourth-order valence-electron chi connectivity index (χ4n) is 12.9. The molecule has 5 aliphatic carbocycles. The predicted octanol–water partition coefficient (Wildman–Crippen LogP) is 8.81. The molecule has 9 unspecified atom stereocenters. The number of rotatable bonds is 7. The molecule has 0 amide bonds. The van der Waals surface area contributed by atoms with Crippen LogP contribution < -0.4 is 11.1 Å². The van der Waals surface area contributed by atoms with Crippen LogP contribution in [0.15, 0.2) is 42.5 Å². The van der Waals surface area contributed by atoms with Crippen LogP contribution in [0.3, 0.4) is 0 Å². The van der Waals surface area contributed by atoms with Gasteiger partial charge >= 0.3 is 5.97 Å². The monoisotopic (exact) mass is 600 g/mol. The normalized spacial score (nSPS) is 42.3. The Morgan fingerprint density at radius 2 is 1.68 bits per heavy atom. The van der Waals surface area contributed by atoms with Crippen molar-refractivity contribution in [2.75, 3.05) is 20.2 Å². The predicted molar refractivity (Wildman–Crippen MR) is 182 cm³/mol. The van der Waals surface area contributed by atoms with Gasteiger partial charge in [-0.2, -0.15) is 0 Å². The first-order chi connectivity index (χ1) is 20.8. The number of allylic oxidation sites excluding steroid dienone is 3. The first-order valence-corrected chi connectivity index (χ1v) is 17.8. The molecule has 0 aromatic heterocycles. The number of carbonyl (C=O) groups is 1. The Morgan fingerprint density at radius 3 is 2.34 bits per heavy atom. The Hall–Kier alpha value is -1.91. The van der Waals surface area contributed by atoms with Gasteiger partial charge in [-0.15, -0.1) is 0 Å². The van der Waals surface area contributed by atoms with E-state index in [4.69, 9.17) is 10.5 Å². The molecule has 44 heavy (non-hydrogen) atoms. The van der Waals surface area contributed by atoms with Gasteiger partial charge in [-0.25, -0.2) is 4.79 Å². The third-order valence-corrected chi connectivity index (χ3v) is 15.1. The number of methoxy groups -OCH3 is 1. The Balaban J connectivity index is 1.33. The molecule has 0 spiro atoms. The number of fused-ring (bicyclic) bond motifs is 7. The van der Waals surface area contributed by atoms with Gasteiger partial charge in [0, 0.05) is 5.54 Å². The molecule has 9 atom stereocenters. The van der Waals surface area contributed by atoms with Gasteiger partial charge < -0.3 is 15.8 Å². The Labute approximate surface area is 268 Å². The van der Waals surface area contributed by atoms with E-state index in [-0.39, 0.29) is 22.3 Å². The Bertz CT molecular complexity index is 1310. The van der Waals surface area contributed by atoms with Crippen LogP contribution in [0, 0.1) is 51.2 Å². The van der Waals surface area contributed by atoms with Gasteiger partial charge in [-0.3, -0.25) is 0 Å². The van der Waals surface area contributed by atoms with Crippen LogP contribution in [-0.2, 0) is 4.74 Å². The third-order valence-electron chi connectivity index (χ3n) is 15.1. The maximum absolute atomic E-state index is 12.1. The standard InChI is InChI=1S/C40H60N2O2/c1-26(2)29-16-21-40(42-25-9-24-41)23-22-38(6)31(34(29)40)14-15-33-37(5)19-17-30(27-10-12-28(13-11-27)35(43)44-8)36(3,4)32(37)18-20-39(33,38)7/h10-13,17,29,31-34,42H,1,9,14-16,18-25,41H2,2-8H3. The fraction of sp³-hybridized carbons (Fsp3) is 0.725. The number of nitrogens with two attached hydrogens (primary N) is 1. The van der Waals surface area contributed by atoms with E-state index in [1.807, 2.05) is 12.1 Å². The zero-order chi connectivity index (χ0) is 31.7. The van der Waals surface area contributed by atoms with Crippen LogP contribution in [0.5, 0.6) is 0 Å². The molecule has 0 saturated heterocycles. The Morgan fingerprint density at radius 1 is 0.955 bits per heavy atom. The molecule has 0 bridgehead atoms. The lowest BCUT2D eigenvalue weighted by Crippen LogP contribution is -2.68. The van der Waals surface area contributed by atoms with Gasteiger partial charge in [0.15, 0.2) is 0 Å². The van der Waals surface area contributed by atoms with Crippen LogP contribution >= 0.6 is 0 Å². The van der Waals surface area contributed by atoms with Gasteiger partial charge in [0.05, 0.1) is 12.7 Å². The zero-order valence-electron chi connectivity index (χ0n) is 28.9. The second-order valence-corrected chi connectivity index (χ2v) is 17.0. The minimum atomic E-state index is -0.268. The van der Waals surface area contributed by atoms with E-state index in [0.29, 0.717) is 34.1 Å². The molecule has 1 aromatic carbocycles. The van der Waals surface area contributed by atoms with E-state index in [0.717, 1.165) is 37.8 Å². The minimum Gasteiger partial charge on any atom is -0.465 e. The SMILES string of the molecule is C=C(C)C1CCC2(NCCCN)CCC3(C)C(CCC4C5(C)CC=C(c6ccc(C(=O)OC)cc6)C(C)(C)C5CCC43C)C12. The number of benzene rings is 1. The van der Waals surface area contributed by atoms with Crippen molar-refractivity contribution in [2.45, 2.75) is 111 Å². The lowest BCUT2D eigenvalue weighted by atomic mass is 9.33. The summed E-state index contributed by atoms with van der Waals surface area (Å²) in [5.74, 6) is 3.20. The molecule has 0 heterocycles. The number of nitrogens with one attached hydrogen (secondary N) is 1. The number of hydrogen-bond donors (Lipinski definition) is 2. The van der Waals surface area contributed by atoms with Crippen LogP contribution in [0.2, 0.25) is 0 Å². The van der Waals surface area contributed by atoms with E-state index in [9.17, 15) is 4.79 Å². The molecule has 0 radical (unpaired) electrons. The summed E-state index contributed by atoms with van der Waals surface area (Å²) < 4.78 is 4.95. The van der Waals surface area contributed by atoms with Crippen molar-refractivity contribution in [3.8, 4) is 0 Å². The molecule has 4 heteroatoms. The largest absolute Gasteiger partial charge is 0.465 e. The zero-order valence-corrected chi connectivity index (χ0v) is 28.9. The molecule has 3 N–H and O–H groups in total. The molecule has 4 saturated carbocycles. The molecular weight excluding hydrogens is 540 g/mol. The summed E-state index contributed by atoms with van der Waals surface area (Å²) in [5, 5.41) is 4.16. The van der Waals surface area contributed by atoms with Crippen molar-refractivity contribution in [1.82, 2.24) is 5.32 Å². The summed E-state index contributed by atoms with van der Waals surface area (Å²) in [7, 11) is 1.45. The van der Waals surface area contributed by atoms with E-state index >= 15 is 0 Å². The molecule has 1 aromatic rings. The maximum atomic E-state index is 12.1. The second kappa shape index (κ2) is 11.1. The fourth-order valence-corrected chi connectivity index (χ4v) is 12.9. The van der Waals surface area contributed by atoms with Crippen LogP contribution in [-0.4, -0.2) is 31.7 Å². The average Bonchev–Trinajstić information content (AvgIpc) is 3.37. The maximum Gasteiger partial charge on any atom is 0.337 e. The lowest BCUT2D eigenvalue weighted by molar-refractivity contribution is -0.219. The molecule has 4 fully saturated rings. The number of esters is 1. The van der Waals surface area contributed by atoms with Crippen molar-refractivity contribution in [3.05, 3.63) is 53.6 Å². The second-order valence-electron chi connectivity index (χ2n) is 17.0. The van der Waals surface area contributed by atoms with E-state index in [1.54, 1.807) is 0 Å². The molecule has 6 rings (SSSR count). The Kier molecular flexibility index (Phi) is 8.09. The molecule has 4 nitrogen and oxygen atoms in total. The highest BCUT2D eigenvalue weighted by Crippen LogP contribution is 2.76. The lowest BCUT2D eigenvalue weighted by Gasteiger charge is -2.72. The first-order valence-electron chi connectivity index (χ1n) is 17.8. The number of carbonyl (C=O) groups excluding carboxylic acids is 1. The van der Waals surface area contributed by atoms with Crippen LogP contribution in [0.4, 0.5) is 0 Å². The summed E-state index contributed by atoms with van der Waals surface area (Å²) >= 11 is 0. The van der Waals surface area contributed by atoms with Crippen LogP contribution in [0.25, 0.3) is 5.57 Å². The van der Waals surface area contributed by atoms with Crippen molar-refractivity contribution in [3.63, 3.8) is 0 Å². The third kappa shape index (κ3) is 4.47. The molecule has 242 valence electrons. The van der Waals surface area contributed by atoms with Crippen LogP contribution in [0.1, 0.15) is 122 Å². The van der Waals surface area contributed by atoms with Gasteiger partial charge in [-0.1, -0.05) is 65.0 Å². The van der Waals surface area contributed by atoms with Gasteiger partial charge in [0.1, 0.15) is 0 Å². The molecular formula is C40H60N2O2. The summed E-state index contributed by atoms with van der Waals surface area (Å²) in [6.07, 6.45) is 15.4. The van der Waals surface area contributed by atoms with Crippen molar-refractivity contribution >= 4 is 11.5 Å². The van der Waals surface area contributed by atoms with Gasteiger partial charge in [0.2, 0.25) is 0 Å². The van der Waals surface area contributed by atoms with Gasteiger partial charge in [-0.05, 0) is 159 Å². The quantitative estimate of drug-likeness (QED) is 0.186.